The zero-order valence-corrected chi connectivity index (χ0v) is 30.3. The van der Waals surface area contributed by atoms with E-state index in [4.69, 9.17) is 0 Å². The van der Waals surface area contributed by atoms with Gasteiger partial charge in [0.15, 0.2) is 0 Å². The van der Waals surface area contributed by atoms with E-state index in [1.165, 1.54) is 218 Å². The van der Waals surface area contributed by atoms with Crippen LogP contribution in [0.2, 0.25) is 0 Å². The van der Waals surface area contributed by atoms with Gasteiger partial charge in [-0.15, -0.1) is 0 Å². The lowest BCUT2D eigenvalue weighted by Crippen LogP contribution is -1.97. The molecule has 0 spiro atoms. The van der Waals surface area contributed by atoms with Gasteiger partial charge in [0.1, 0.15) is 0 Å². The number of rotatable bonds is 34. The van der Waals surface area contributed by atoms with Gasteiger partial charge in [-0.1, -0.05) is 225 Å². The number of hydrogen-bond acceptors (Lipinski definition) is 0. The molecule has 0 bridgehead atoms. The summed E-state index contributed by atoms with van der Waals surface area (Å²) in [4.78, 5) is 0. The SMILES string of the molecule is CCCCCCCCCCCCCCCCCCc1cccc(CCCCCCCCCCCCCCCCCC)c1C. The summed E-state index contributed by atoms with van der Waals surface area (Å²) in [6.45, 7) is 7.01. The molecule has 0 fully saturated rings. The Bertz CT molecular complexity index is 618. The predicted molar refractivity (Wildman–Crippen MR) is 198 cm³/mol. The lowest BCUT2D eigenvalue weighted by molar-refractivity contribution is 0.529. The molecule has 0 radical (unpaired) electrons. The molecule has 0 heterocycles. The summed E-state index contributed by atoms with van der Waals surface area (Å²) < 4.78 is 0. The van der Waals surface area contributed by atoms with Crippen LogP contribution in [0.25, 0.3) is 0 Å². The standard InChI is InChI=1S/C43H80/c1-4-6-8-10-12-14-16-18-20-22-24-26-28-30-32-34-37-42-39-36-40-43(41(42)3)38-35-33-31-29-27-25-23-21-19-17-15-13-11-9-7-5-2/h36,39-40H,4-35,37-38H2,1-3H3. The molecule has 0 saturated heterocycles. The molecule has 0 unspecified atom stereocenters. The molecular weight excluding hydrogens is 516 g/mol. The Hall–Kier alpha value is -0.780. The first-order chi connectivity index (χ1) is 21.3. The fourth-order valence-electron chi connectivity index (χ4n) is 7.01. The normalized spacial score (nSPS) is 11.5. The van der Waals surface area contributed by atoms with Crippen LogP contribution in [0.3, 0.4) is 0 Å². The maximum atomic E-state index is 2.40. The topological polar surface area (TPSA) is 0 Å². The third kappa shape index (κ3) is 26.2. The number of aryl methyl sites for hydroxylation is 2. The van der Waals surface area contributed by atoms with Crippen LogP contribution in [-0.4, -0.2) is 0 Å². The van der Waals surface area contributed by atoms with E-state index in [2.05, 4.69) is 39.0 Å². The van der Waals surface area contributed by atoms with E-state index in [-0.39, 0.29) is 0 Å². The van der Waals surface area contributed by atoms with Crippen LogP contribution in [0.4, 0.5) is 0 Å². The third-order valence-electron chi connectivity index (χ3n) is 10.2. The number of benzene rings is 1. The highest BCUT2D eigenvalue weighted by molar-refractivity contribution is 5.34. The van der Waals surface area contributed by atoms with E-state index < -0.39 is 0 Å². The van der Waals surface area contributed by atoms with Gasteiger partial charge in [0, 0.05) is 0 Å². The van der Waals surface area contributed by atoms with Crippen molar-refractivity contribution in [3.8, 4) is 0 Å². The highest BCUT2D eigenvalue weighted by atomic mass is 14.1. The zero-order chi connectivity index (χ0) is 30.9. The second-order valence-corrected chi connectivity index (χ2v) is 14.3. The van der Waals surface area contributed by atoms with Crippen LogP contribution in [0.15, 0.2) is 18.2 Å². The number of unbranched alkanes of at least 4 members (excludes halogenated alkanes) is 30. The van der Waals surface area contributed by atoms with Gasteiger partial charge in [-0.25, -0.2) is 0 Å². The summed E-state index contributed by atoms with van der Waals surface area (Å²) in [5.74, 6) is 0. The van der Waals surface area contributed by atoms with E-state index in [1.54, 1.807) is 16.7 Å². The van der Waals surface area contributed by atoms with Crippen LogP contribution in [0, 0.1) is 6.92 Å². The van der Waals surface area contributed by atoms with Gasteiger partial charge >= 0.3 is 0 Å². The average Bonchev–Trinajstić information content (AvgIpc) is 3.02. The summed E-state index contributed by atoms with van der Waals surface area (Å²) >= 11 is 0. The summed E-state index contributed by atoms with van der Waals surface area (Å²) in [6, 6.07) is 7.13. The van der Waals surface area contributed by atoms with Gasteiger partial charge in [0.2, 0.25) is 0 Å². The summed E-state index contributed by atoms with van der Waals surface area (Å²) in [6.07, 6.45) is 49.0. The van der Waals surface area contributed by atoms with E-state index >= 15 is 0 Å². The molecule has 0 aliphatic heterocycles. The van der Waals surface area contributed by atoms with Crippen LogP contribution < -0.4 is 0 Å². The summed E-state index contributed by atoms with van der Waals surface area (Å²) in [7, 11) is 0. The predicted octanol–water partition coefficient (Wildman–Crippen LogP) is 15.6. The van der Waals surface area contributed by atoms with Gasteiger partial charge in [-0.3, -0.25) is 0 Å². The molecule has 43 heavy (non-hydrogen) atoms. The average molecular weight is 597 g/mol. The van der Waals surface area contributed by atoms with Crippen molar-refractivity contribution in [2.45, 2.75) is 239 Å². The molecule has 1 aromatic carbocycles. The Morgan fingerprint density at radius 1 is 0.302 bits per heavy atom. The highest BCUT2D eigenvalue weighted by Gasteiger charge is 2.05. The highest BCUT2D eigenvalue weighted by Crippen LogP contribution is 2.21. The molecule has 0 aromatic heterocycles. The maximum absolute atomic E-state index is 2.40. The molecule has 0 nitrogen and oxygen atoms in total. The minimum Gasteiger partial charge on any atom is -0.0654 e. The van der Waals surface area contributed by atoms with Crippen LogP contribution in [0.1, 0.15) is 236 Å². The van der Waals surface area contributed by atoms with Crippen molar-refractivity contribution in [3.05, 3.63) is 34.9 Å². The van der Waals surface area contributed by atoms with Crippen LogP contribution in [0.5, 0.6) is 0 Å². The van der Waals surface area contributed by atoms with E-state index in [1.807, 2.05) is 0 Å². The third-order valence-corrected chi connectivity index (χ3v) is 10.2. The van der Waals surface area contributed by atoms with E-state index in [0.29, 0.717) is 0 Å². The molecule has 0 saturated carbocycles. The smallest absolute Gasteiger partial charge is 0.0276 e. The van der Waals surface area contributed by atoms with Gasteiger partial charge < -0.3 is 0 Å². The Morgan fingerprint density at radius 2 is 0.512 bits per heavy atom. The van der Waals surface area contributed by atoms with E-state index in [9.17, 15) is 0 Å². The first-order valence-corrected chi connectivity index (χ1v) is 20.4. The van der Waals surface area contributed by atoms with Crippen molar-refractivity contribution >= 4 is 0 Å². The van der Waals surface area contributed by atoms with Gasteiger partial charge in [0.25, 0.3) is 0 Å². The largest absolute Gasteiger partial charge is 0.0654 e. The van der Waals surface area contributed by atoms with Crippen molar-refractivity contribution in [3.63, 3.8) is 0 Å². The first-order valence-electron chi connectivity index (χ1n) is 20.4. The molecule has 252 valence electrons. The van der Waals surface area contributed by atoms with Crippen LogP contribution >= 0.6 is 0 Å². The second kappa shape index (κ2) is 32.6. The van der Waals surface area contributed by atoms with Gasteiger partial charge in [-0.05, 0) is 49.3 Å². The Balaban J connectivity index is 1.91. The van der Waals surface area contributed by atoms with Crippen molar-refractivity contribution in [1.29, 1.82) is 0 Å². The number of hydrogen-bond donors (Lipinski definition) is 0. The molecule has 1 aromatic rings. The van der Waals surface area contributed by atoms with Crippen molar-refractivity contribution < 1.29 is 0 Å². The summed E-state index contributed by atoms with van der Waals surface area (Å²) in [5, 5.41) is 0. The summed E-state index contributed by atoms with van der Waals surface area (Å²) in [5.41, 5.74) is 4.85. The fraction of sp³-hybridized carbons (Fsp3) is 0.860. The Kier molecular flexibility index (Phi) is 30.5. The molecule has 0 N–H and O–H groups in total. The lowest BCUT2D eigenvalue weighted by atomic mass is 9.94. The molecule has 0 heteroatoms. The maximum Gasteiger partial charge on any atom is -0.0276 e. The second-order valence-electron chi connectivity index (χ2n) is 14.3. The van der Waals surface area contributed by atoms with Crippen molar-refractivity contribution in [2.75, 3.05) is 0 Å². The van der Waals surface area contributed by atoms with Crippen molar-refractivity contribution in [2.24, 2.45) is 0 Å². The molecule has 1 rings (SSSR count). The Labute approximate surface area is 273 Å². The van der Waals surface area contributed by atoms with Crippen LogP contribution in [-0.2, 0) is 12.8 Å². The minimum atomic E-state index is 1.29. The van der Waals surface area contributed by atoms with Gasteiger partial charge in [-0.2, -0.15) is 0 Å². The fourth-order valence-corrected chi connectivity index (χ4v) is 7.01. The Morgan fingerprint density at radius 3 is 0.744 bits per heavy atom. The van der Waals surface area contributed by atoms with E-state index in [0.717, 1.165) is 0 Å². The molecule has 0 aliphatic rings. The molecule has 0 atom stereocenters. The van der Waals surface area contributed by atoms with Gasteiger partial charge in [0.05, 0.1) is 0 Å². The first kappa shape index (κ1) is 40.2. The quantitative estimate of drug-likeness (QED) is 0.0694. The monoisotopic (exact) mass is 597 g/mol. The lowest BCUT2D eigenvalue weighted by Gasteiger charge is -2.12. The molecule has 0 aliphatic carbocycles. The zero-order valence-electron chi connectivity index (χ0n) is 30.3. The molecule has 0 amide bonds. The molecular formula is C43H80. The minimum absolute atomic E-state index is 1.29. The van der Waals surface area contributed by atoms with Crippen molar-refractivity contribution in [1.82, 2.24) is 0 Å².